The van der Waals surface area contributed by atoms with Crippen LogP contribution < -0.4 is 0 Å². The average Bonchev–Trinajstić information content (AvgIpc) is 2.50. The molecule has 2 aromatic carbocycles. The number of rotatable bonds is 2. The maximum atomic E-state index is 14.0. The number of aryl methyl sites for hydroxylation is 1. The molecule has 0 radical (unpaired) electrons. The van der Waals surface area contributed by atoms with E-state index in [-0.39, 0.29) is 28.2 Å². The molecule has 0 fully saturated rings. The van der Waals surface area contributed by atoms with Gasteiger partial charge in [-0.15, -0.1) is 0 Å². The molecule has 0 aliphatic heterocycles. The first-order chi connectivity index (χ1) is 10.1. The van der Waals surface area contributed by atoms with Crippen molar-refractivity contribution in [2.75, 3.05) is 0 Å². The SMILES string of the molecule is O=C1c2ccccc2CCC1Cc1c(F)ccc(Br)c1F. The van der Waals surface area contributed by atoms with Gasteiger partial charge in [-0.05, 0) is 52.9 Å². The Labute approximate surface area is 130 Å². The number of Topliss-reactive ketones (excluding diaryl/α,β-unsaturated/α-hetero) is 1. The zero-order valence-electron chi connectivity index (χ0n) is 11.2. The third-order valence-corrected chi connectivity index (χ3v) is 4.62. The number of benzene rings is 2. The van der Waals surface area contributed by atoms with E-state index in [2.05, 4.69) is 15.9 Å². The fraction of sp³-hybridized carbons (Fsp3) is 0.235. The van der Waals surface area contributed by atoms with Crippen LogP contribution in [-0.4, -0.2) is 5.78 Å². The van der Waals surface area contributed by atoms with E-state index >= 15 is 0 Å². The molecule has 0 aromatic heterocycles. The highest BCUT2D eigenvalue weighted by molar-refractivity contribution is 9.10. The summed E-state index contributed by atoms with van der Waals surface area (Å²) in [7, 11) is 0. The van der Waals surface area contributed by atoms with Crippen LogP contribution in [0.1, 0.15) is 27.9 Å². The van der Waals surface area contributed by atoms with Gasteiger partial charge in [0, 0.05) is 17.0 Å². The zero-order valence-corrected chi connectivity index (χ0v) is 12.8. The van der Waals surface area contributed by atoms with Gasteiger partial charge < -0.3 is 0 Å². The molecule has 0 N–H and O–H groups in total. The second-order valence-corrected chi connectivity index (χ2v) is 6.14. The van der Waals surface area contributed by atoms with E-state index in [1.807, 2.05) is 18.2 Å². The predicted octanol–water partition coefficient (Wildman–Crippen LogP) is 4.72. The number of carbonyl (C=O) groups excluding carboxylic acids is 1. The Morgan fingerprint density at radius 3 is 2.71 bits per heavy atom. The third kappa shape index (κ3) is 2.64. The normalized spacial score (nSPS) is 17.7. The fourth-order valence-electron chi connectivity index (χ4n) is 2.86. The van der Waals surface area contributed by atoms with Gasteiger partial charge in [-0.2, -0.15) is 0 Å². The summed E-state index contributed by atoms with van der Waals surface area (Å²) >= 11 is 3.06. The lowest BCUT2D eigenvalue weighted by Crippen LogP contribution is -2.25. The van der Waals surface area contributed by atoms with E-state index in [4.69, 9.17) is 0 Å². The van der Waals surface area contributed by atoms with Gasteiger partial charge in [0.2, 0.25) is 0 Å². The summed E-state index contributed by atoms with van der Waals surface area (Å²) < 4.78 is 28.1. The molecule has 0 saturated carbocycles. The highest BCUT2D eigenvalue weighted by Gasteiger charge is 2.29. The van der Waals surface area contributed by atoms with Crippen molar-refractivity contribution in [1.82, 2.24) is 0 Å². The smallest absolute Gasteiger partial charge is 0.166 e. The lowest BCUT2D eigenvalue weighted by Gasteiger charge is -2.23. The summed E-state index contributed by atoms with van der Waals surface area (Å²) in [4.78, 5) is 12.5. The van der Waals surface area contributed by atoms with Crippen molar-refractivity contribution in [3.05, 3.63) is 69.2 Å². The van der Waals surface area contributed by atoms with Gasteiger partial charge in [0.15, 0.2) is 5.78 Å². The predicted molar refractivity (Wildman–Crippen MR) is 80.3 cm³/mol. The lowest BCUT2D eigenvalue weighted by atomic mass is 9.79. The molecule has 1 unspecified atom stereocenters. The first kappa shape index (κ1) is 14.4. The fourth-order valence-corrected chi connectivity index (χ4v) is 3.23. The second kappa shape index (κ2) is 5.68. The maximum Gasteiger partial charge on any atom is 0.166 e. The minimum absolute atomic E-state index is 0.0119. The number of fused-ring (bicyclic) bond motifs is 1. The molecular weight excluding hydrogens is 338 g/mol. The Balaban J connectivity index is 1.91. The summed E-state index contributed by atoms with van der Waals surface area (Å²) in [6.07, 6.45) is 1.50. The molecule has 4 heteroatoms. The standard InChI is InChI=1S/C17H13BrF2O/c18-14-7-8-15(19)13(16(14)20)9-11-6-5-10-3-1-2-4-12(10)17(11)21/h1-4,7-8,11H,5-6,9H2. The molecule has 2 aromatic rings. The van der Waals surface area contributed by atoms with Crippen LogP contribution >= 0.6 is 15.9 Å². The third-order valence-electron chi connectivity index (χ3n) is 4.01. The molecule has 1 aliphatic carbocycles. The van der Waals surface area contributed by atoms with Gasteiger partial charge in [-0.1, -0.05) is 24.3 Å². The Hall–Kier alpha value is -1.55. The van der Waals surface area contributed by atoms with Gasteiger partial charge in [0.05, 0.1) is 4.47 Å². The second-order valence-electron chi connectivity index (χ2n) is 5.28. The summed E-state index contributed by atoms with van der Waals surface area (Å²) in [5.74, 6) is -1.59. The van der Waals surface area contributed by atoms with E-state index in [0.29, 0.717) is 12.0 Å². The highest BCUT2D eigenvalue weighted by atomic mass is 79.9. The summed E-state index contributed by atoms with van der Waals surface area (Å²) in [6, 6.07) is 10.0. The first-order valence-corrected chi connectivity index (χ1v) is 7.61. The Kier molecular flexibility index (Phi) is 3.89. The molecule has 1 aliphatic rings. The quantitative estimate of drug-likeness (QED) is 0.716. The van der Waals surface area contributed by atoms with Gasteiger partial charge in [0.1, 0.15) is 11.6 Å². The van der Waals surface area contributed by atoms with E-state index < -0.39 is 11.6 Å². The minimum Gasteiger partial charge on any atom is -0.294 e. The maximum absolute atomic E-state index is 14.0. The number of carbonyl (C=O) groups is 1. The molecule has 0 bridgehead atoms. The van der Waals surface area contributed by atoms with Gasteiger partial charge in [0.25, 0.3) is 0 Å². The van der Waals surface area contributed by atoms with Gasteiger partial charge >= 0.3 is 0 Å². The van der Waals surface area contributed by atoms with E-state index in [9.17, 15) is 13.6 Å². The van der Waals surface area contributed by atoms with Crippen molar-refractivity contribution in [2.24, 2.45) is 5.92 Å². The van der Waals surface area contributed by atoms with E-state index in [1.165, 1.54) is 12.1 Å². The molecule has 0 spiro atoms. The molecule has 1 nitrogen and oxygen atoms in total. The topological polar surface area (TPSA) is 17.1 Å². The van der Waals surface area contributed by atoms with Crippen LogP contribution in [0.15, 0.2) is 40.9 Å². The Morgan fingerprint density at radius 2 is 1.90 bits per heavy atom. The van der Waals surface area contributed by atoms with Crippen LogP contribution in [0.3, 0.4) is 0 Å². The van der Waals surface area contributed by atoms with Crippen molar-refractivity contribution in [2.45, 2.75) is 19.3 Å². The molecule has 21 heavy (non-hydrogen) atoms. The van der Waals surface area contributed by atoms with Crippen LogP contribution in [0.4, 0.5) is 8.78 Å². The Morgan fingerprint density at radius 1 is 1.14 bits per heavy atom. The van der Waals surface area contributed by atoms with Gasteiger partial charge in [-0.3, -0.25) is 4.79 Å². The molecule has 108 valence electrons. The number of ketones is 1. The van der Waals surface area contributed by atoms with Crippen LogP contribution in [0, 0.1) is 17.6 Å². The zero-order chi connectivity index (χ0) is 15.0. The van der Waals surface area contributed by atoms with Crippen molar-refractivity contribution in [1.29, 1.82) is 0 Å². The van der Waals surface area contributed by atoms with Crippen molar-refractivity contribution < 1.29 is 13.6 Å². The van der Waals surface area contributed by atoms with E-state index in [1.54, 1.807) is 6.07 Å². The summed E-state index contributed by atoms with van der Waals surface area (Å²) in [5.41, 5.74) is 1.70. The number of hydrogen-bond acceptors (Lipinski definition) is 1. The van der Waals surface area contributed by atoms with Crippen LogP contribution in [0.2, 0.25) is 0 Å². The molecule has 0 heterocycles. The van der Waals surface area contributed by atoms with E-state index in [0.717, 1.165) is 12.0 Å². The van der Waals surface area contributed by atoms with Crippen LogP contribution in [-0.2, 0) is 12.8 Å². The monoisotopic (exact) mass is 350 g/mol. The molecular formula is C17H13BrF2O. The van der Waals surface area contributed by atoms with Crippen molar-refractivity contribution in [3.8, 4) is 0 Å². The van der Waals surface area contributed by atoms with Crippen LogP contribution in [0.5, 0.6) is 0 Å². The first-order valence-electron chi connectivity index (χ1n) is 6.82. The number of halogens is 3. The lowest BCUT2D eigenvalue weighted by molar-refractivity contribution is 0.0900. The summed E-state index contributed by atoms with van der Waals surface area (Å²) in [6.45, 7) is 0. The minimum atomic E-state index is -0.610. The molecule has 0 saturated heterocycles. The van der Waals surface area contributed by atoms with Crippen molar-refractivity contribution >= 4 is 21.7 Å². The number of hydrogen-bond donors (Lipinski definition) is 0. The van der Waals surface area contributed by atoms with Crippen molar-refractivity contribution in [3.63, 3.8) is 0 Å². The van der Waals surface area contributed by atoms with Gasteiger partial charge in [-0.25, -0.2) is 8.78 Å². The largest absolute Gasteiger partial charge is 0.294 e. The average molecular weight is 351 g/mol. The Bertz CT molecular complexity index is 712. The molecule has 0 amide bonds. The van der Waals surface area contributed by atoms with Crippen LogP contribution in [0.25, 0.3) is 0 Å². The molecule has 1 atom stereocenters. The highest BCUT2D eigenvalue weighted by Crippen LogP contribution is 2.30. The summed E-state index contributed by atoms with van der Waals surface area (Å²) in [5, 5.41) is 0. The molecule has 3 rings (SSSR count).